The molecule has 0 saturated carbocycles. The maximum Gasteiger partial charge on any atom is 0.326 e. The van der Waals surface area contributed by atoms with E-state index in [1.807, 2.05) is 0 Å². The summed E-state index contributed by atoms with van der Waals surface area (Å²) in [6, 6.07) is -5.73. The van der Waals surface area contributed by atoms with Crippen molar-refractivity contribution in [2.75, 3.05) is 32.7 Å². The van der Waals surface area contributed by atoms with Gasteiger partial charge in [0.2, 0.25) is 23.6 Å². The van der Waals surface area contributed by atoms with Crippen LogP contribution in [0.5, 0.6) is 0 Å². The predicted molar refractivity (Wildman–Crippen MR) is 197 cm³/mol. The lowest BCUT2D eigenvalue weighted by Crippen LogP contribution is -2.58. The number of nitrogens with two attached hydrogens (primary N) is 6. The van der Waals surface area contributed by atoms with Crippen LogP contribution >= 0.6 is 0 Å². The number of carbonyl (C=O) groups is 5. The van der Waals surface area contributed by atoms with Gasteiger partial charge in [-0.25, -0.2) is 4.79 Å². The van der Waals surface area contributed by atoms with Gasteiger partial charge in [0.05, 0.1) is 6.04 Å². The van der Waals surface area contributed by atoms with Crippen molar-refractivity contribution < 1.29 is 29.1 Å². The second-order valence-electron chi connectivity index (χ2n) is 12.2. The Morgan fingerprint density at radius 3 is 1.13 bits per heavy atom. The molecule has 22 nitrogen and oxygen atoms in total. The third-order valence-corrected chi connectivity index (χ3v) is 7.72. The molecule has 0 aliphatic rings. The molecule has 0 aliphatic carbocycles. The standard InChI is InChI=1S/C30H62N16O6/c31-13-3-1-9-19(43-23(47)18(33)8-5-15-40-28(34)35)24(48)45-21(11-6-16-41-29(36)37)25(49)44-20(10-2-4-14-32)26(50)46-22(27(51)52)12-7-17-42-30(38)39/h18-22H,1-17,31-33H2,(H,43,47)(H,44,49)(H,45,48)(H,46,50)(H,51,52)(H4,34,35,40)(H4,36,37,41)(H4,38,39,42)/t18-,19-,20-,21-,22-/m0/s1. The van der Waals surface area contributed by atoms with Crippen molar-refractivity contribution in [2.45, 2.75) is 107 Å². The lowest BCUT2D eigenvalue weighted by atomic mass is 10.0. The quantitative estimate of drug-likeness (QED) is 0.0195. The molecule has 0 heterocycles. The zero-order valence-electron chi connectivity index (χ0n) is 29.9. The Labute approximate surface area is 304 Å². The van der Waals surface area contributed by atoms with Crippen molar-refractivity contribution in [2.24, 2.45) is 34.4 Å². The van der Waals surface area contributed by atoms with Gasteiger partial charge in [0, 0.05) is 19.6 Å². The summed E-state index contributed by atoms with van der Waals surface area (Å²) in [6.45, 7) is 1.40. The number of unbranched alkanes of at least 4 members (excludes halogenated alkanes) is 2. The van der Waals surface area contributed by atoms with Crippen LogP contribution in [0.4, 0.5) is 0 Å². The second-order valence-corrected chi connectivity index (χ2v) is 12.2. The van der Waals surface area contributed by atoms with Crippen LogP contribution in [0.2, 0.25) is 0 Å². The first-order valence-electron chi connectivity index (χ1n) is 17.5. The molecule has 4 amide bonds. The average molecular weight is 743 g/mol. The van der Waals surface area contributed by atoms with Gasteiger partial charge in [-0.1, -0.05) is 0 Å². The van der Waals surface area contributed by atoms with Gasteiger partial charge in [-0.3, -0.25) is 35.4 Å². The maximum atomic E-state index is 13.7. The zero-order chi connectivity index (χ0) is 39.5. The average Bonchev–Trinajstić information content (AvgIpc) is 3.07. The summed E-state index contributed by atoms with van der Waals surface area (Å²) in [4.78, 5) is 65.6. The van der Waals surface area contributed by atoms with Gasteiger partial charge in [-0.05, 0) is 90.1 Å². The van der Waals surface area contributed by atoms with E-state index < -0.39 is 59.8 Å². The van der Waals surface area contributed by atoms with Gasteiger partial charge in [0.15, 0.2) is 17.9 Å². The van der Waals surface area contributed by atoms with Gasteiger partial charge in [-0.2, -0.15) is 0 Å². The van der Waals surface area contributed by atoms with E-state index in [2.05, 4.69) is 37.2 Å². The first kappa shape index (κ1) is 47.0. The number of amides is 4. The number of hydrogen-bond donors (Lipinski definition) is 17. The zero-order valence-corrected chi connectivity index (χ0v) is 29.9. The monoisotopic (exact) mass is 743 g/mol. The third-order valence-electron chi connectivity index (χ3n) is 7.72. The number of guanidine groups is 3. The Balaban J connectivity index is 6.01. The van der Waals surface area contributed by atoms with Crippen molar-refractivity contribution in [1.29, 1.82) is 16.2 Å². The molecule has 5 atom stereocenters. The molecular weight excluding hydrogens is 680 g/mol. The van der Waals surface area contributed by atoms with Crippen LogP contribution in [0, 0.1) is 16.2 Å². The van der Waals surface area contributed by atoms with E-state index in [1.54, 1.807) is 0 Å². The number of rotatable bonds is 29. The van der Waals surface area contributed by atoms with E-state index in [1.165, 1.54) is 0 Å². The summed E-state index contributed by atoms with van der Waals surface area (Å²) >= 11 is 0. The van der Waals surface area contributed by atoms with Crippen molar-refractivity contribution in [1.82, 2.24) is 37.2 Å². The minimum atomic E-state index is -1.29. The molecule has 0 saturated heterocycles. The highest BCUT2D eigenvalue weighted by Crippen LogP contribution is 2.08. The molecule has 0 rings (SSSR count). The van der Waals surface area contributed by atoms with Crippen LogP contribution < -0.4 is 71.6 Å². The number of carboxylic acids is 1. The highest BCUT2D eigenvalue weighted by atomic mass is 16.4. The van der Waals surface area contributed by atoms with Gasteiger partial charge >= 0.3 is 5.97 Å². The molecular formula is C30H62N16O6. The molecule has 0 spiro atoms. The van der Waals surface area contributed by atoms with Crippen molar-refractivity contribution in [3.63, 3.8) is 0 Å². The summed E-state index contributed by atoms with van der Waals surface area (Å²) in [6.07, 6.45) is 3.57. The van der Waals surface area contributed by atoms with Gasteiger partial charge in [0.25, 0.3) is 0 Å². The highest BCUT2D eigenvalue weighted by Gasteiger charge is 2.31. The van der Waals surface area contributed by atoms with E-state index in [9.17, 15) is 29.1 Å². The lowest BCUT2D eigenvalue weighted by molar-refractivity contribution is -0.142. The van der Waals surface area contributed by atoms with Crippen LogP contribution in [0.25, 0.3) is 0 Å². The molecule has 0 fully saturated rings. The summed E-state index contributed by atoms with van der Waals surface area (Å²) in [5.74, 6) is -4.82. The third kappa shape index (κ3) is 22.7. The van der Waals surface area contributed by atoms with E-state index >= 15 is 0 Å². The number of carboxylic acid groups (broad SMARTS) is 1. The molecule has 0 aliphatic heterocycles. The Morgan fingerprint density at radius 1 is 0.481 bits per heavy atom. The van der Waals surface area contributed by atoms with E-state index in [-0.39, 0.29) is 75.9 Å². The van der Waals surface area contributed by atoms with Crippen LogP contribution in [-0.4, -0.2) is 116 Å². The van der Waals surface area contributed by atoms with Gasteiger partial charge in [-0.15, -0.1) is 0 Å². The van der Waals surface area contributed by atoms with Crippen LogP contribution in [0.1, 0.15) is 77.0 Å². The highest BCUT2D eigenvalue weighted by molar-refractivity contribution is 5.95. The number of hydrogen-bond acceptors (Lipinski definition) is 11. The van der Waals surface area contributed by atoms with Crippen LogP contribution in [-0.2, 0) is 24.0 Å². The molecule has 0 aromatic carbocycles. The molecule has 52 heavy (non-hydrogen) atoms. The predicted octanol–water partition coefficient (Wildman–Crippen LogP) is -4.61. The fourth-order valence-electron chi connectivity index (χ4n) is 4.88. The molecule has 0 bridgehead atoms. The molecule has 0 aromatic heterocycles. The van der Waals surface area contributed by atoms with E-state index in [0.717, 1.165) is 0 Å². The first-order chi connectivity index (χ1) is 24.6. The summed E-state index contributed by atoms with van der Waals surface area (Å²) in [7, 11) is 0. The summed E-state index contributed by atoms with van der Waals surface area (Å²) in [5.41, 5.74) is 33.2. The van der Waals surface area contributed by atoms with Crippen molar-refractivity contribution in [3.8, 4) is 0 Å². The molecule has 23 N–H and O–H groups in total. The molecule has 22 heteroatoms. The van der Waals surface area contributed by atoms with Gasteiger partial charge < -0.3 is 76.7 Å². The largest absolute Gasteiger partial charge is 0.480 e. The minimum absolute atomic E-state index is 0.0167. The molecule has 0 aromatic rings. The fourth-order valence-corrected chi connectivity index (χ4v) is 4.88. The topological polar surface area (TPSA) is 417 Å². The smallest absolute Gasteiger partial charge is 0.326 e. The minimum Gasteiger partial charge on any atom is -0.480 e. The van der Waals surface area contributed by atoms with Crippen molar-refractivity contribution in [3.05, 3.63) is 0 Å². The Morgan fingerprint density at radius 2 is 0.788 bits per heavy atom. The van der Waals surface area contributed by atoms with E-state index in [4.69, 9.17) is 50.6 Å². The maximum absolute atomic E-state index is 13.7. The molecule has 298 valence electrons. The Kier molecular flexibility index (Phi) is 25.1. The Hall–Kier alpha value is -4.96. The molecule has 0 radical (unpaired) electrons. The number of carbonyl (C=O) groups excluding carboxylic acids is 4. The normalized spacial score (nSPS) is 13.6. The molecule has 0 unspecified atom stereocenters. The van der Waals surface area contributed by atoms with E-state index in [0.29, 0.717) is 51.7 Å². The second kappa shape index (κ2) is 27.7. The first-order valence-corrected chi connectivity index (χ1v) is 17.5. The summed E-state index contributed by atoms with van der Waals surface area (Å²) < 4.78 is 0. The number of aliphatic carboxylic acids is 1. The fraction of sp³-hybridized carbons (Fsp3) is 0.733. The van der Waals surface area contributed by atoms with Crippen LogP contribution in [0.3, 0.4) is 0 Å². The van der Waals surface area contributed by atoms with Gasteiger partial charge in [0.1, 0.15) is 24.2 Å². The SMILES string of the molecule is N=C(N)NCCC[C@H](NC(=O)[C@H](CCCCN)NC(=O)[C@H](CCCNC(=N)N)NC(=O)[C@H](CCCCN)NC(=O)[C@@H](N)CCCNC(=N)N)C(=O)O. The van der Waals surface area contributed by atoms with Crippen molar-refractivity contribution >= 4 is 47.5 Å². The number of nitrogens with one attached hydrogen (secondary N) is 10. The summed E-state index contributed by atoms with van der Waals surface area (Å²) in [5, 5.41) is 49.8. The van der Waals surface area contributed by atoms with Crippen LogP contribution in [0.15, 0.2) is 0 Å². The lowest BCUT2D eigenvalue weighted by Gasteiger charge is -2.27. The Bertz CT molecular complexity index is 1160.